The average Bonchev–Trinajstić information content (AvgIpc) is 2.31. The Labute approximate surface area is 110 Å². The Morgan fingerprint density at radius 1 is 1.65 bits per heavy atom. The van der Waals surface area contributed by atoms with Gasteiger partial charge >= 0.3 is 0 Å². The molecule has 0 aromatic carbocycles. The zero-order valence-corrected chi connectivity index (χ0v) is 12.1. The third-order valence-electron chi connectivity index (χ3n) is 2.88. The molecule has 0 fully saturated rings. The number of halogens is 1. The van der Waals surface area contributed by atoms with Gasteiger partial charge in [0.2, 0.25) is 0 Å². The summed E-state index contributed by atoms with van der Waals surface area (Å²) in [6.45, 7) is 5.56. The molecule has 0 aliphatic heterocycles. The van der Waals surface area contributed by atoms with Gasteiger partial charge in [-0.15, -0.1) is 0 Å². The van der Waals surface area contributed by atoms with Crippen molar-refractivity contribution in [3.63, 3.8) is 0 Å². The van der Waals surface area contributed by atoms with Crippen LogP contribution in [-0.4, -0.2) is 23.6 Å². The quantitative estimate of drug-likeness (QED) is 0.930. The molecule has 1 heterocycles. The number of carbonyl (C=O) groups excluding carboxylic acids is 1. The van der Waals surface area contributed by atoms with Crippen molar-refractivity contribution >= 4 is 27.7 Å². The minimum atomic E-state index is -0.818. The van der Waals surface area contributed by atoms with Gasteiger partial charge in [0.05, 0.1) is 0 Å². The van der Waals surface area contributed by atoms with E-state index in [1.54, 1.807) is 13.1 Å². The van der Waals surface area contributed by atoms with Crippen LogP contribution in [0.2, 0.25) is 0 Å². The van der Waals surface area contributed by atoms with Crippen LogP contribution in [-0.2, 0) is 9.53 Å². The zero-order valence-electron chi connectivity index (χ0n) is 10.5. The molecular formula is C12H17BrN2O2. The second-order valence-electron chi connectivity index (χ2n) is 4.06. The van der Waals surface area contributed by atoms with E-state index in [1.807, 2.05) is 19.9 Å². The number of carbonyl (C=O) groups is 1. The number of aromatic nitrogens is 1. The molecular weight excluding hydrogens is 284 g/mol. The number of hydrogen-bond donors (Lipinski definition) is 1. The van der Waals surface area contributed by atoms with Gasteiger partial charge < -0.3 is 10.1 Å². The molecule has 5 heteroatoms. The lowest BCUT2D eigenvalue weighted by Crippen LogP contribution is -2.41. The van der Waals surface area contributed by atoms with Gasteiger partial charge in [0.25, 0.3) is 5.91 Å². The Kier molecular flexibility index (Phi) is 4.65. The van der Waals surface area contributed by atoms with E-state index >= 15 is 0 Å². The fraction of sp³-hybridized carbons (Fsp3) is 0.500. The first-order valence-electron chi connectivity index (χ1n) is 5.41. The Bertz CT molecular complexity index is 417. The minimum Gasteiger partial charge on any atom is -0.369 e. The predicted molar refractivity (Wildman–Crippen MR) is 71.0 cm³/mol. The standard InChI is InChI=1S/C12H17BrN2O2/c1-5-12(3,17-4)11(16)15-10-8(2)6-9(13)7-14-10/h6-7H,5H2,1-4H3,(H,14,15,16). The summed E-state index contributed by atoms with van der Waals surface area (Å²) in [6.07, 6.45) is 2.25. The monoisotopic (exact) mass is 300 g/mol. The summed E-state index contributed by atoms with van der Waals surface area (Å²) in [7, 11) is 1.53. The van der Waals surface area contributed by atoms with E-state index in [-0.39, 0.29) is 5.91 Å². The highest BCUT2D eigenvalue weighted by Crippen LogP contribution is 2.20. The number of rotatable bonds is 4. The van der Waals surface area contributed by atoms with E-state index < -0.39 is 5.60 Å². The van der Waals surface area contributed by atoms with Crippen LogP contribution in [0.1, 0.15) is 25.8 Å². The van der Waals surface area contributed by atoms with Gasteiger partial charge in [-0.3, -0.25) is 4.79 Å². The summed E-state index contributed by atoms with van der Waals surface area (Å²) in [6, 6.07) is 1.90. The van der Waals surface area contributed by atoms with Crippen LogP contribution in [0.15, 0.2) is 16.7 Å². The van der Waals surface area contributed by atoms with E-state index in [0.29, 0.717) is 12.2 Å². The summed E-state index contributed by atoms with van der Waals surface area (Å²) in [5.74, 6) is 0.385. The number of anilines is 1. The van der Waals surface area contributed by atoms with E-state index in [9.17, 15) is 4.79 Å². The minimum absolute atomic E-state index is 0.180. The number of aryl methyl sites for hydroxylation is 1. The zero-order chi connectivity index (χ0) is 13.1. The molecule has 1 amide bonds. The van der Waals surface area contributed by atoms with Crippen LogP contribution in [0.3, 0.4) is 0 Å². The van der Waals surface area contributed by atoms with Crippen molar-refractivity contribution < 1.29 is 9.53 Å². The Balaban J connectivity index is 2.88. The van der Waals surface area contributed by atoms with Crippen LogP contribution in [0.4, 0.5) is 5.82 Å². The molecule has 17 heavy (non-hydrogen) atoms. The van der Waals surface area contributed by atoms with E-state index in [4.69, 9.17) is 4.74 Å². The number of nitrogens with zero attached hydrogens (tertiary/aromatic N) is 1. The Hall–Kier alpha value is -0.940. The molecule has 0 radical (unpaired) electrons. The van der Waals surface area contributed by atoms with Crippen LogP contribution >= 0.6 is 15.9 Å². The van der Waals surface area contributed by atoms with E-state index in [0.717, 1.165) is 10.0 Å². The second-order valence-corrected chi connectivity index (χ2v) is 4.98. The normalized spacial score (nSPS) is 14.2. The summed E-state index contributed by atoms with van der Waals surface area (Å²) < 4.78 is 6.12. The molecule has 0 saturated heterocycles. The average molecular weight is 301 g/mol. The summed E-state index contributed by atoms with van der Waals surface area (Å²) in [5, 5.41) is 2.78. The third kappa shape index (κ3) is 3.26. The SMILES string of the molecule is CCC(C)(OC)C(=O)Nc1ncc(Br)cc1C. The maximum absolute atomic E-state index is 12.0. The van der Waals surface area contributed by atoms with Gasteiger partial charge in [0.15, 0.2) is 0 Å². The lowest BCUT2D eigenvalue weighted by atomic mass is 10.0. The molecule has 1 N–H and O–H groups in total. The Morgan fingerprint density at radius 3 is 2.76 bits per heavy atom. The van der Waals surface area contributed by atoms with E-state index in [1.165, 1.54) is 7.11 Å². The van der Waals surface area contributed by atoms with Gasteiger partial charge in [0, 0.05) is 17.8 Å². The lowest BCUT2D eigenvalue weighted by Gasteiger charge is -2.25. The summed E-state index contributed by atoms with van der Waals surface area (Å²) in [4.78, 5) is 16.2. The van der Waals surface area contributed by atoms with Gasteiger partial charge in [-0.1, -0.05) is 6.92 Å². The molecule has 1 aromatic rings. The smallest absolute Gasteiger partial charge is 0.257 e. The number of hydrogen-bond acceptors (Lipinski definition) is 3. The topological polar surface area (TPSA) is 51.2 Å². The second kappa shape index (κ2) is 5.60. The fourth-order valence-corrected chi connectivity index (χ4v) is 1.75. The van der Waals surface area contributed by atoms with Crippen LogP contribution < -0.4 is 5.32 Å². The predicted octanol–water partition coefficient (Wildman–Crippen LogP) is 2.91. The van der Waals surface area contributed by atoms with Crippen molar-refractivity contribution in [2.24, 2.45) is 0 Å². The number of amides is 1. The lowest BCUT2D eigenvalue weighted by molar-refractivity contribution is -0.136. The summed E-state index contributed by atoms with van der Waals surface area (Å²) in [5.41, 5.74) is 0.0866. The van der Waals surface area contributed by atoms with Crippen molar-refractivity contribution in [2.45, 2.75) is 32.8 Å². The van der Waals surface area contributed by atoms with Gasteiger partial charge in [0.1, 0.15) is 11.4 Å². The molecule has 0 bridgehead atoms. The van der Waals surface area contributed by atoms with Crippen molar-refractivity contribution in [3.05, 3.63) is 22.3 Å². The molecule has 0 spiro atoms. The summed E-state index contributed by atoms with van der Waals surface area (Å²) >= 11 is 3.33. The highest BCUT2D eigenvalue weighted by Gasteiger charge is 2.31. The van der Waals surface area contributed by atoms with Crippen LogP contribution in [0.5, 0.6) is 0 Å². The van der Waals surface area contributed by atoms with Crippen molar-refractivity contribution in [2.75, 3.05) is 12.4 Å². The first kappa shape index (κ1) is 14.1. The Morgan fingerprint density at radius 2 is 2.29 bits per heavy atom. The van der Waals surface area contributed by atoms with E-state index in [2.05, 4.69) is 26.2 Å². The van der Waals surface area contributed by atoms with Crippen molar-refractivity contribution in [1.29, 1.82) is 0 Å². The largest absolute Gasteiger partial charge is 0.369 e. The van der Waals surface area contributed by atoms with Crippen molar-refractivity contribution in [1.82, 2.24) is 4.98 Å². The van der Waals surface area contributed by atoms with Gasteiger partial charge in [-0.05, 0) is 47.8 Å². The maximum atomic E-state index is 12.0. The molecule has 94 valence electrons. The third-order valence-corrected chi connectivity index (χ3v) is 3.32. The fourth-order valence-electron chi connectivity index (χ4n) is 1.31. The molecule has 0 aliphatic rings. The number of nitrogens with one attached hydrogen (secondary N) is 1. The first-order valence-corrected chi connectivity index (χ1v) is 6.21. The number of pyridine rings is 1. The van der Waals surface area contributed by atoms with Crippen LogP contribution in [0.25, 0.3) is 0 Å². The molecule has 4 nitrogen and oxygen atoms in total. The molecule has 0 saturated carbocycles. The molecule has 1 atom stereocenters. The molecule has 1 unspecified atom stereocenters. The highest BCUT2D eigenvalue weighted by molar-refractivity contribution is 9.10. The number of ether oxygens (including phenoxy) is 1. The number of methoxy groups -OCH3 is 1. The highest BCUT2D eigenvalue weighted by atomic mass is 79.9. The molecule has 1 aromatic heterocycles. The van der Waals surface area contributed by atoms with Crippen LogP contribution in [0, 0.1) is 6.92 Å². The maximum Gasteiger partial charge on any atom is 0.257 e. The first-order chi connectivity index (χ1) is 7.92. The van der Waals surface area contributed by atoms with Crippen molar-refractivity contribution in [3.8, 4) is 0 Å². The van der Waals surface area contributed by atoms with Gasteiger partial charge in [-0.2, -0.15) is 0 Å². The molecule has 1 rings (SSSR count). The van der Waals surface area contributed by atoms with Gasteiger partial charge in [-0.25, -0.2) is 4.98 Å². The molecule has 0 aliphatic carbocycles.